The first-order valence-electron chi connectivity index (χ1n) is 8.83. The summed E-state index contributed by atoms with van der Waals surface area (Å²) in [4.78, 5) is 2.36. The molecule has 1 aliphatic heterocycles. The molecule has 0 bridgehead atoms. The number of methoxy groups -OCH3 is 2. The van der Waals surface area contributed by atoms with Crippen LogP contribution >= 0.6 is 0 Å². The van der Waals surface area contributed by atoms with Gasteiger partial charge in [-0.1, -0.05) is 26.0 Å². The fraction of sp³-hybridized carbons (Fsp3) is 0.429. The molecule has 0 aliphatic carbocycles. The summed E-state index contributed by atoms with van der Waals surface area (Å²) in [5.74, 6) is 2.21. The fourth-order valence-corrected chi connectivity index (χ4v) is 4.03. The van der Waals surface area contributed by atoms with E-state index in [0.29, 0.717) is 12.5 Å². The van der Waals surface area contributed by atoms with Crippen molar-refractivity contribution in [1.82, 2.24) is 0 Å². The first kappa shape index (κ1) is 17.6. The van der Waals surface area contributed by atoms with Gasteiger partial charge in [0, 0.05) is 18.7 Å². The molecule has 4 nitrogen and oxygen atoms in total. The van der Waals surface area contributed by atoms with Gasteiger partial charge in [0.2, 0.25) is 0 Å². The van der Waals surface area contributed by atoms with Gasteiger partial charge >= 0.3 is 0 Å². The third kappa shape index (κ3) is 2.85. The number of benzene rings is 2. The molecule has 2 N–H and O–H groups in total. The Morgan fingerprint density at radius 3 is 2.44 bits per heavy atom. The molecular formula is C21H28N2O2. The van der Waals surface area contributed by atoms with Crippen LogP contribution in [0, 0.1) is 6.92 Å². The molecular weight excluding hydrogens is 312 g/mol. The summed E-state index contributed by atoms with van der Waals surface area (Å²) < 4.78 is 11.3. The van der Waals surface area contributed by atoms with E-state index in [2.05, 4.69) is 37.8 Å². The minimum atomic E-state index is 0.123. The van der Waals surface area contributed by atoms with Crippen molar-refractivity contribution in [2.45, 2.75) is 39.3 Å². The summed E-state index contributed by atoms with van der Waals surface area (Å²) >= 11 is 0. The van der Waals surface area contributed by atoms with E-state index < -0.39 is 0 Å². The van der Waals surface area contributed by atoms with Crippen molar-refractivity contribution in [2.24, 2.45) is 5.73 Å². The van der Waals surface area contributed by atoms with E-state index >= 15 is 0 Å². The van der Waals surface area contributed by atoms with Gasteiger partial charge in [-0.3, -0.25) is 0 Å². The quantitative estimate of drug-likeness (QED) is 0.888. The Hall–Kier alpha value is -2.20. The third-order valence-electron chi connectivity index (χ3n) is 5.16. The predicted molar refractivity (Wildman–Crippen MR) is 103 cm³/mol. The molecule has 0 radical (unpaired) electrons. The molecule has 4 heteroatoms. The Morgan fingerprint density at radius 2 is 1.84 bits per heavy atom. The number of nitrogens with zero attached hydrogens (tertiary/aromatic N) is 1. The van der Waals surface area contributed by atoms with E-state index in [1.54, 1.807) is 14.2 Å². The van der Waals surface area contributed by atoms with Gasteiger partial charge in [-0.25, -0.2) is 0 Å². The predicted octanol–water partition coefficient (Wildman–Crippen LogP) is 4.16. The summed E-state index contributed by atoms with van der Waals surface area (Å²) in [6.07, 6.45) is 0. The zero-order valence-electron chi connectivity index (χ0n) is 15.8. The fourth-order valence-electron chi connectivity index (χ4n) is 4.03. The smallest absolute Gasteiger partial charge is 0.142 e. The molecule has 134 valence electrons. The molecule has 0 fully saturated rings. The summed E-state index contributed by atoms with van der Waals surface area (Å²) in [7, 11) is 3.46. The van der Waals surface area contributed by atoms with Crippen LogP contribution in [0.25, 0.3) is 0 Å². The number of nitrogens with two attached hydrogens (primary N) is 1. The molecule has 1 aliphatic rings. The van der Waals surface area contributed by atoms with Crippen molar-refractivity contribution in [1.29, 1.82) is 0 Å². The molecule has 0 amide bonds. The van der Waals surface area contributed by atoms with Crippen molar-refractivity contribution in [3.8, 4) is 11.5 Å². The highest BCUT2D eigenvalue weighted by Crippen LogP contribution is 2.47. The van der Waals surface area contributed by atoms with Gasteiger partial charge in [-0.15, -0.1) is 0 Å². The van der Waals surface area contributed by atoms with Crippen LogP contribution in [0.1, 0.15) is 48.1 Å². The second-order valence-corrected chi connectivity index (χ2v) is 6.91. The Bertz CT molecular complexity index is 771. The zero-order chi connectivity index (χ0) is 18.1. The highest BCUT2D eigenvalue weighted by Gasteiger charge is 2.36. The van der Waals surface area contributed by atoms with Gasteiger partial charge in [0.1, 0.15) is 11.5 Å². The van der Waals surface area contributed by atoms with Gasteiger partial charge < -0.3 is 20.1 Å². The lowest BCUT2D eigenvalue weighted by atomic mass is 9.88. The van der Waals surface area contributed by atoms with Crippen LogP contribution in [0.4, 0.5) is 5.69 Å². The number of anilines is 1. The second kappa shape index (κ2) is 6.96. The maximum atomic E-state index is 6.26. The van der Waals surface area contributed by atoms with Crippen LogP contribution in [-0.4, -0.2) is 20.8 Å². The summed E-state index contributed by atoms with van der Waals surface area (Å²) in [6.45, 7) is 7.98. The summed E-state index contributed by atoms with van der Waals surface area (Å²) in [6, 6.07) is 10.4. The SMILES string of the molecule is COc1ccccc1N1Cc2c(C)cc(OC)c(C(C)C)c2C1CN. The van der Waals surface area contributed by atoms with Crippen molar-refractivity contribution < 1.29 is 9.47 Å². The standard InChI is InChI=1S/C21H28N2O2/c1-13(2)20-19(25-5)10-14(3)15-12-23(17(11-22)21(15)20)16-8-6-7-9-18(16)24-4/h6-10,13,17H,11-12,22H2,1-5H3. The van der Waals surface area contributed by atoms with Crippen LogP contribution < -0.4 is 20.1 Å². The van der Waals surface area contributed by atoms with E-state index in [4.69, 9.17) is 15.2 Å². The lowest BCUT2D eigenvalue weighted by Crippen LogP contribution is -2.28. The molecule has 1 heterocycles. The number of para-hydroxylation sites is 2. The van der Waals surface area contributed by atoms with Crippen LogP contribution in [0.3, 0.4) is 0 Å². The Balaban J connectivity index is 2.19. The van der Waals surface area contributed by atoms with Gasteiger partial charge in [0.25, 0.3) is 0 Å². The molecule has 1 atom stereocenters. The molecule has 0 aromatic heterocycles. The van der Waals surface area contributed by atoms with Crippen LogP contribution in [0.2, 0.25) is 0 Å². The monoisotopic (exact) mass is 340 g/mol. The van der Waals surface area contributed by atoms with Gasteiger partial charge in [-0.05, 0) is 47.7 Å². The Labute approximate surface area is 150 Å². The van der Waals surface area contributed by atoms with E-state index in [-0.39, 0.29) is 6.04 Å². The number of ether oxygens (including phenoxy) is 2. The highest BCUT2D eigenvalue weighted by atomic mass is 16.5. The molecule has 2 aromatic carbocycles. The van der Waals surface area contributed by atoms with Crippen molar-refractivity contribution in [3.63, 3.8) is 0 Å². The minimum Gasteiger partial charge on any atom is -0.496 e. The molecule has 3 rings (SSSR count). The lowest BCUT2D eigenvalue weighted by Gasteiger charge is -2.29. The summed E-state index contributed by atoms with van der Waals surface area (Å²) in [5, 5.41) is 0. The molecule has 0 saturated heterocycles. The third-order valence-corrected chi connectivity index (χ3v) is 5.16. The number of hydrogen-bond acceptors (Lipinski definition) is 4. The number of aryl methyl sites for hydroxylation is 1. The van der Waals surface area contributed by atoms with Crippen molar-refractivity contribution in [3.05, 3.63) is 52.6 Å². The highest BCUT2D eigenvalue weighted by molar-refractivity contribution is 5.66. The van der Waals surface area contributed by atoms with E-state index in [1.165, 1.54) is 22.3 Å². The molecule has 25 heavy (non-hydrogen) atoms. The van der Waals surface area contributed by atoms with Crippen LogP contribution in [0.15, 0.2) is 30.3 Å². The lowest BCUT2D eigenvalue weighted by molar-refractivity contribution is 0.405. The molecule has 0 saturated carbocycles. The topological polar surface area (TPSA) is 47.7 Å². The summed E-state index contributed by atoms with van der Waals surface area (Å²) in [5.41, 5.74) is 12.6. The Morgan fingerprint density at radius 1 is 1.16 bits per heavy atom. The number of rotatable bonds is 5. The van der Waals surface area contributed by atoms with E-state index in [9.17, 15) is 0 Å². The average molecular weight is 340 g/mol. The molecule has 0 spiro atoms. The maximum absolute atomic E-state index is 6.26. The van der Waals surface area contributed by atoms with E-state index in [1.807, 2.05) is 18.2 Å². The largest absolute Gasteiger partial charge is 0.496 e. The van der Waals surface area contributed by atoms with Crippen LogP contribution in [0.5, 0.6) is 11.5 Å². The second-order valence-electron chi connectivity index (χ2n) is 6.91. The van der Waals surface area contributed by atoms with Crippen molar-refractivity contribution in [2.75, 3.05) is 25.7 Å². The van der Waals surface area contributed by atoms with Gasteiger partial charge in [0.05, 0.1) is 25.9 Å². The van der Waals surface area contributed by atoms with Gasteiger partial charge in [-0.2, -0.15) is 0 Å². The van der Waals surface area contributed by atoms with Crippen LogP contribution in [-0.2, 0) is 6.54 Å². The first-order valence-corrected chi connectivity index (χ1v) is 8.83. The molecule has 1 unspecified atom stereocenters. The number of fused-ring (bicyclic) bond motifs is 1. The van der Waals surface area contributed by atoms with E-state index in [0.717, 1.165) is 23.7 Å². The maximum Gasteiger partial charge on any atom is 0.142 e. The molecule has 2 aromatic rings. The van der Waals surface area contributed by atoms with Crippen molar-refractivity contribution >= 4 is 5.69 Å². The van der Waals surface area contributed by atoms with Gasteiger partial charge in [0.15, 0.2) is 0 Å². The number of hydrogen-bond donors (Lipinski definition) is 1. The minimum absolute atomic E-state index is 0.123. The average Bonchev–Trinajstić information content (AvgIpc) is 3.00. The Kier molecular flexibility index (Phi) is 4.91. The zero-order valence-corrected chi connectivity index (χ0v) is 15.8. The normalized spacial score (nSPS) is 16.3. The first-order chi connectivity index (χ1) is 12.0.